The molecule has 2 aromatic carbocycles. The molecule has 0 bridgehead atoms. The van der Waals surface area contributed by atoms with Gasteiger partial charge in [-0.05, 0) is 49.2 Å². The van der Waals surface area contributed by atoms with Crippen LogP contribution in [0.5, 0.6) is 17.2 Å². The summed E-state index contributed by atoms with van der Waals surface area (Å²) in [5.41, 5.74) is 1.68. The topological polar surface area (TPSA) is 56.8 Å². The van der Waals surface area contributed by atoms with Crippen LogP contribution in [0.3, 0.4) is 0 Å². The molecule has 0 aliphatic rings. The van der Waals surface area contributed by atoms with Gasteiger partial charge in [-0.15, -0.1) is 0 Å². The van der Waals surface area contributed by atoms with Crippen LogP contribution in [0.4, 0.5) is 0 Å². The Balaban J connectivity index is 1.79. The highest BCUT2D eigenvalue weighted by Gasteiger charge is 2.10. The lowest BCUT2D eigenvalue weighted by Gasteiger charge is -2.11. The smallest absolute Gasteiger partial charge is 0.251 e. The third-order valence-electron chi connectivity index (χ3n) is 3.65. The Morgan fingerprint density at radius 2 is 2.00 bits per heavy atom. The quantitative estimate of drug-likeness (QED) is 0.521. The van der Waals surface area contributed by atoms with Crippen molar-refractivity contribution in [2.75, 3.05) is 26.9 Å². The molecule has 0 fully saturated rings. The molecule has 0 aliphatic carbocycles. The van der Waals surface area contributed by atoms with E-state index in [0.29, 0.717) is 36.8 Å². The van der Waals surface area contributed by atoms with Crippen LogP contribution in [0.25, 0.3) is 0 Å². The molecule has 0 aliphatic heterocycles. The summed E-state index contributed by atoms with van der Waals surface area (Å²) in [4.78, 5) is 12.3. The van der Waals surface area contributed by atoms with Crippen LogP contribution in [0.2, 0.25) is 0 Å². The minimum Gasteiger partial charge on any atom is -0.494 e. The summed E-state index contributed by atoms with van der Waals surface area (Å²) in [6.07, 6.45) is 2.37. The average molecular weight is 355 g/mol. The Kier molecular flexibility index (Phi) is 7.55. The highest BCUT2D eigenvalue weighted by Crippen LogP contribution is 2.28. The zero-order valence-electron chi connectivity index (χ0n) is 15.3. The molecule has 5 heteroatoms. The molecular weight excluding hydrogens is 330 g/mol. The Morgan fingerprint density at radius 1 is 1.15 bits per heavy atom. The molecule has 26 heavy (non-hydrogen) atoms. The molecular formula is C21H25NO4. The number of hydrogen-bond donors (Lipinski definition) is 1. The van der Waals surface area contributed by atoms with Crippen molar-refractivity contribution in [2.24, 2.45) is 0 Å². The highest BCUT2D eigenvalue weighted by molar-refractivity contribution is 5.94. The lowest BCUT2D eigenvalue weighted by Crippen LogP contribution is -2.25. The minimum absolute atomic E-state index is 0.158. The van der Waals surface area contributed by atoms with Gasteiger partial charge in [0.05, 0.1) is 13.7 Å². The van der Waals surface area contributed by atoms with Crippen molar-refractivity contribution in [3.8, 4) is 17.2 Å². The Hall–Kier alpha value is -2.95. The molecule has 0 saturated carbocycles. The van der Waals surface area contributed by atoms with Gasteiger partial charge in [0.1, 0.15) is 12.4 Å². The largest absolute Gasteiger partial charge is 0.494 e. The molecule has 0 heterocycles. The number of ether oxygens (including phenoxy) is 3. The van der Waals surface area contributed by atoms with E-state index in [1.165, 1.54) is 0 Å². The second kappa shape index (κ2) is 10.1. The molecule has 0 saturated heterocycles. The second-order valence-corrected chi connectivity index (χ2v) is 5.74. The molecule has 0 spiro atoms. The van der Waals surface area contributed by atoms with Gasteiger partial charge in [0.15, 0.2) is 11.5 Å². The Morgan fingerprint density at radius 3 is 2.73 bits per heavy atom. The third kappa shape index (κ3) is 5.84. The summed E-state index contributed by atoms with van der Waals surface area (Å²) in [6.45, 7) is 7.08. The first kappa shape index (κ1) is 19.4. The number of aryl methyl sites for hydroxylation is 1. The summed E-state index contributed by atoms with van der Waals surface area (Å²) in [5.74, 6) is 1.78. The maximum absolute atomic E-state index is 12.3. The first-order valence-electron chi connectivity index (χ1n) is 8.53. The molecule has 2 rings (SSSR count). The minimum atomic E-state index is -0.158. The van der Waals surface area contributed by atoms with Crippen LogP contribution in [0, 0.1) is 6.92 Å². The van der Waals surface area contributed by atoms with Crippen molar-refractivity contribution in [1.82, 2.24) is 5.32 Å². The number of hydrogen-bond acceptors (Lipinski definition) is 4. The third-order valence-corrected chi connectivity index (χ3v) is 3.65. The van der Waals surface area contributed by atoms with Crippen LogP contribution in [-0.4, -0.2) is 32.8 Å². The van der Waals surface area contributed by atoms with E-state index in [0.717, 1.165) is 17.7 Å². The van der Waals surface area contributed by atoms with Gasteiger partial charge in [-0.25, -0.2) is 0 Å². The van der Waals surface area contributed by atoms with Crippen LogP contribution >= 0.6 is 0 Å². The van der Waals surface area contributed by atoms with Crippen LogP contribution < -0.4 is 19.5 Å². The molecule has 0 radical (unpaired) electrons. The molecule has 0 atom stereocenters. The fraction of sp³-hybridized carbons (Fsp3) is 0.286. The molecule has 2 aromatic rings. The average Bonchev–Trinajstić information content (AvgIpc) is 2.65. The van der Waals surface area contributed by atoms with E-state index in [1.54, 1.807) is 31.4 Å². The molecule has 5 nitrogen and oxygen atoms in total. The Labute approximate surface area is 154 Å². The standard InChI is InChI=1S/C21H25NO4/c1-4-12-26-19-10-9-17(15-20(19)24-3)21(23)22-11-6-13-25-18-8-5-7-16(2)14-18/h4-5,7-10,14-15H,1,6,11-13H2,2-3H3,(H,22,23). The van der Waals surface area contributed by atoms with Gasteiger partial charge in [-0.1, -0.05) is 24.8 Å². The number of rotatable bonds is 10. The maximum atomic E-state index is 12.3. The summed E-state index contributed by atoms with van der Waals surface area (Å²) in [6, 6.07) is 13.0. The van der Waals surface area contributed by atoms with Gasteiger partial charge in [-0.2, -0.15) is 0 Å². The van der Waals surface area contributed by atoms with E-state index in [-0.39, 0.29) is 5.91 Å². The lowest BCUT2D eigenvalue weighted by molar-refractivity contribution is 0.0951. The molecule has 1 amide bonds. The fourth-order valence-electron chi connectivity index (χ4n) is 2.35. The number of benzene rings is 2. The summed E-state index contributed by atoms with van der Waals surface area (Å²) >= 11 is 0. The molecule has 138 valence electrons. The second-order valence-electron chi connectivity index (χ2n) is 5.74. The monoisotopic (exact) mass is 355 g/mol. The number of carbonyl (C=O) groups excluding carboxylic acids is 1. The first-order chi connectivity index (χ1) is 12.6. The number of carbonyl (C=O) groups is 1. The molecule has 0 aromatic heterocycles. The SMILES string of the molecule is C=CCOc1ccc(C(=O)NCCCOc2cccc(C)c2)cc1OC. The van der Waals surface area contributed by atoms with E-state index in [2.05, 4.69) is 11.9 Å². The van der Waals surface area contributed by atoms with Gasteiger partial charge in [0.25, 0.3) is 5.91 Å². The van der Waals surface area contributed by atoms with Crippen LogP contribution in [0.15, 0.2) is 55.1 Å². The normalized spacial score (nSPS) is 10.1. The maximum Gasteiger partial charge on any atom is 0.251 e. The summed E-state index contributed by atoms with van der Waals surface area (Å²) in [7, 11) is 1.54. The summed E-state index contributed by atoms with van der Waals surface area (Å²) in [5, 5.41) is 2.88. The van der Waals surface area contributed by atoms with Gasteiger partial charge in [-0.3, -0.25) is 4.79 Å². The van der Waals surface area contributed by atoms with Crippen molar-refractivity contribution in [3.63, 3.8) is 0 Å². The number of amides is 1. The fourth-order valence-corrected chi connectivity index (χ4v) is 2.35. The first-order valence-corrected chi connectivity index (χ1v) is 8.53. The predicted molar refractivity (Wildman–Crippen MR) is 102 cm³/mol. The number of nitrogens with one attached hydrogen (secondary N) is 1. The van der Waals surface area contributed by atoms with Gasteiger partial charge in [0.2, 0.25) is 0 Å². The van der Waals surface area contributed by atoms with Crippen molar-refractivity contribution < 1.29 is 19.0 Å². The van der Waals surface area contributed by atoms with Crippen molar-refractivity contribution in [2.45, 2.75) is 13.3 Å². The lowest BCUT2D eigenvalue weighted by atomic mass is 10.2. The Bertz CT molecular complexity index is 743. The zero-order valence-corrected chi connectivity index (χ0v) is 15.3. The van der Waals surface area contributed by atoms with Crippen LogP contribution in [0.1, 0.15) is 22.3 Å². The van der Waals surface area contributed by atoms with Gasteiger partial charge < -0.3 is 19.5 Å². The predicted octanol–water partition coefficient (Wildman–Crippen LogP) is 3.77. The van der Waals surface area contributed by atoms with Gasteiger partial charge in [0, 0.05) is 12.1 Å². The van der Waals surface area contributed by atoms with Crippen molar-refractivity contribution >= 4 is 5.91 Å². The molecule has 1 N–H and O–H groups in total. The van der Waals surface area contributed by atoms with Crippen LogP contribution in [-0.2, 0) is 0 Å². The summed E-state index contributed by atoms with van der Waals surface area (Å²) < 4.78 is 16.4. The van der Waals surface area contributed by atoms with E-state index >= 15 is 0 Å². The number of methoxy groups -OCH3 is 1. The van der Waals surface area contributed by atoms with E-state index < -0.39 is 0 Å². The van der Waals surface area contributed by atoms with E-state index in [4.69, 9.17) is 14.2 Å². The highest BCUT2D eigenvalue weighted by atomic mass is 16.5. The molecule has 0 unspecified atom stereocenters. The van der Waals surface area contributed by atoms with Gasteiger partial charge >= 0.3 is 0 Å². The van der Waals surface area contributed by atoms with Crippen molar-refractivity contribution in [3.05, 3.63) is 66.2 Å². The van der Waals surface area contributed by atoms with E-state index in [1.807, 2.05) is 31.2 Å². The zero-order chi connectivity index (χ0) is 18.8. The van der Waals surface area contributed by atoms with E-state index in [9.17, 15) is 4.79 Å². The van der Waals surface area contributed by atoms with Crippen molar-refractivity contribution in [1.29, 1.82) is 0 Å².